The third-order valence-corrected chi connectivity index (χ3v) is 3.74. The number of rotatable bonds is 8. The molecule has 20 heavy (non-hydrogen) atoms. The van der Waals surface area contributed by atoms with Crippen molar-refractivity contribution >= 4 is 17.7 Å². The summed E-state index contributed by atoms with van der Waals surface area (Å²) in [6.07, 6.45) is 5.32. The van der Waals surface area contributed by atoms with Gasteiger partial charge in [0.15, 0.2) is 0 Å². The first-order valence-corrected chi connectivity index (χ1v) is 8.18. The van der Waals surface area contributed by atoms with Crippen LogP contribution in [0.4, 0.5) is 0 Å². The Morgan fingerprint density at radius 1 is 1.50 bits per heavy atom. The monoisotopic (exact) mass is 296 g/mol. The zero-order chi connectivity index (χ0) is 15.0. The Balaban J connectivity index is 2.55. The van der Waals surface area contributed by atoms with Crippen molar-refractivity contribution in [1.29, 1.82) is 0 Å². The number of aliphatic hydroxyl groups excluding tert-OH is 1. The molecule has 4 nitrogen and oxygen atoms in total. The third kappa shape index (κ3) is 5.92. The van der Waals surface area contributed by atoms with Gasteiger partial charge in [-0.2, -0.15) is 0 Å². The van der Waals surface area contributed by atoms with Gasteiger partial charge >= 0.3 is 0 Å². The van der Waals surface area contributed by atoms with Crippen LogP contribution in [-0.4, -0.2) is 35.4 Å². The average Bonchev–Trinajstić information content (AvgIpc) is 2.44. The van der Waals surface area contributed by atoms with E-state index >= 15 is 0 Å². The molecule has 0 aliphatic rings. The van der Waals surface area contributed by atoms with Crippen LogP contribution in [0, 0.1) is 11.8 Å². The molecule has 0 bridgehead atoms. The van der Waals surface area contributed by atoms with Crippen LogP contribution in [0.25, 0.3) is 0 Å². The molecule has 1 amide bonds. The van der Waals surface area contributed by atoms with Crippen molar-refractivity contribution in [3.05, 3.63) is 23.9 Å². The molecule has 0 saturated carbocycles. The minimum absolute atomic E-state index is 0.0746. The summed E-state index contributed by atoms with van der Waals surface area (Å²) in [5.41, 5.74) is 0.636. The molecule has 0 fully saturated rings. The number of aromatic nitrogens is 1. The zero-order valence-electron chi connectivity index (χ0n) is 12.4. The summed E-state index contributed by atoms with van der Waals surface area (Å²) in [5, 5.41) is 12.9. The van der Waals surface area contributed by atoms with Crippen molar-refractivity contribution in [2.24, 2.45) is 11.8 Å². The highest BCUT2D eigenvalue weighted by molar-refractivity contribution is 7.98. The van der Waals surface area contributed by atoms with Crippen molar-refractivity contribution in [1.82, 2.24) is 10.3 Å². The smallest absolute Gasteiger partial charge is 0.251 e. The molecular formula is C15H24N2O2S. The molecule has 1 aromatic heterocycles. The molecule has 1 atom stereocenters. The van der Waals surface area contributed by atoms with Gasteiger partial charge in [0, 0.05) is 24.9 Å². The van der Waals surface area contributed by atoms with Crippen LogP contribution >= 0.6 is 11.8 Å². The molecule has 5 heteroatoms. The molecule has 1 aromatic rings. The summed E-state index contributed by atoms with van der Waals surface area (Å²) in [7, 11) is 0. The van der Waals surface area contributed by atoms with Gasteiger partial charge in [-0.25, -0.2) is 4.98 Å². The Labute approximate surface area is 125 Å². The Bertz CT molecular complexity index is 424. The minimum Gasteiger partial charge on any atom is -0.396 e. The van der Waals surface area contributed by atoms with Gasteiger partial charge in [0.2, 0.25) is 0 Å². The van der Waals surface area contributed by atoms with Gasteiger partial charge in [0.25, 0.3) is 5.91 Å². The molecule has 1 heterocycles. The molecule has 0 saturated heterocycles. The van der Waals surface area contributed by atoms with Gasteiger partial charge in [0.1, 0.15) is 0 Å². The first-order valence-electron chi connectivity index (χ1n) is 6.96. The molecule has 2 N–H and O–H groups in total. The predicted octanol–water partition coefficient (Wildman–Crippen LogP) is 2.58. The molecule has 0 aliphatic carbocycles. The van der Waals surface area contributed by atoms with E-state index in [-0.39, 0.29) is 12.5 Å². The molecule has 1 unspecified atom stereocenters. The lowest BCUT2D eigenvalue weighted by Gasteiger charge is -2.18. The van der Waals surface area contributed by atoms with E-state index in [4.69, 9.17) is 5.11 Å². The number of hydrogen-bond acceptors (Lipinski definition) is 4. The maximum Gasteiger partial charge on any atom is 0.251 e. The fraction of sp³-hybridized carbons (Fsp3) is 0.600. The van der Waals surface area contributed by atoms with E-state index in [1.807, 2.05) is 6.26 Å². The largest absolute Gasteiger partial charge is 0.396 e. The summed E-state index contributed by atoms with van der Waals surface area (Å²) >= 11 is 1.52. The van der Waals surface area contributed by atoms with Crippen LogP contribution in [-0.2, 0) is 0 Å². The number of pyridine rings is 1. The van der Waals surface area contributed by atoms with E-state index < -0.39 is 0 Å². The fourth-order valence-corrected chi connectivity index (χ4v) is 2.56. The summed E-state index contributed by atoms with van der Waals surface area (Å²) in [4.78, 5) is 16.3. The van der Waals surface area contributed by atoms with Crippen molar-refractivity contribution in [2.45, 2.75) is 31.7 Å². The van der Waals surface area contributed by atoms with E-state index in [1.54, 1.807) is 18.3 Å². The standard InChI is InChI=1S/C15H24N2O2S/c1-11(2)8-12(5-7-18)10-17-15(19)13-4-6-16-14(9-13)20-3/h4,6,9,11-12,18H,5,7-8,10H2,1-3H3,(H,17,19). The Hall–Kier alpha value is -1.07. The van der Waals surface area contributed by atoms with Crippen LogP contribution in [0.2, 0.25) is 0 Å². The SMILES string of the molecule is CSc1cc(C(=O)NCC(CCO)CC(C)C)ccn1. The van der Waals surface area contributed by atoms with E-state index in [9.17, 15) is 4.79 Å². The maximum absolute atomic E-state index is 12.1. The lowest BCUT2D eigenvalue weighted by atomic mass is 9.94. The highest BCUT2D eigenvalue weighted by atomic mass is 32.2. The fourth-order valence-electron chi connectivity index (χ4n) is 2.15. The summed E-state index contributed by atoms with van der Waals surface area (Å²) < 4.78 is 0. The maximum atomic E-state index is 12.1. The van der Waals surface area contributed by atoms with Crippen LogP contribution in [0.5, 0.6) is 0 Å². The molecule has 0 aromatic carbocycles. The molecule has 1 rings (SSSR count). The van der Waals surface area contributed by atoms with E-state index in [0.29, 0.717) is 23.9 Å². The molecular weight excluding hydrogens is 272 g/mol. The number of carbonyl (C=O) groups excluding carboxylic acids is 1. The Morgan fingerprint density at radius 2 is 2.25 bits per heavy atom. The van der Waals surface area contributed by atoms with Gasteiger partial charge in [-0.05, 0) is 43.1 Å². The minimum atomic E-state index is -0.0746. The first kappa shape index (κ1) is 17.0. The lowest BCUT2D eigenvalue weighted by Crippen LogP contribution is -2.30. The number of carbonyl (C=O) groups is 1. The van der Waals surface area contributed by atoms with Crippen LogP contribution < -0.4 is 5.32 Å². The van der Waals surface area contributed by atoms with Crippen LogP contribution in [0.15, 0.2) is 23.4 Å². The van der Waals surface area contributed by atoms with E-state index in [2.05, 4.69) is 24.1 Å². The average molecular weight is 296 g/mol. The van der Waals surface area contributed by atoms with E-state index in [1.165, 1.54) is 11.8 Å². The van der Waals surface area contributed by atoms with Gasteiger partial charge in [0.05, 0.1) is 5.03 Å². The molecule has 0 aliphatic heterocycles. The van der Waals surface area contributed by atoms with Crippen molar-refractivity contribution < 1.29 is 9.90 Å². The van der Waals surface area contributed by atoms with Gasteiger partial charge in [-0.15, -0.1) is 11.8 Å². The topological polar surface area (TPSA) is 62.2 Å². The van der Waals surface area contributed by atoms with Crippen LogP contribution in [0.1, 0.15) is 37.0 Å². The number of aliphatic hydroxyl groups is 1. The summed E-state index contributed by atoms with van der Waals surface area (Å²) in [6.45, 7) is 5.08. The normalized spacial score (nSPS) is 12.4. The van der Waals surface area contributed by atoms with Crippen molar-refractivity contribution in [3.8, 4) is 0 Å². The number of nitrogens with one attached hydrogen (secondary N) is 1. The van der Waals surface area contributed by atoms with Crippen LogP contribution in [0.3, 0.4) is 0 Å². The molecule has 0 radical (unpaired) electrons. The number of thioether (sulfide) groups is 1. The summed E-state index contributed by atoms with van der Waals surface area (Å²) in [5.74, 6) is 0.813. The van der Waals surface area contributed by atoms with Gasteiger partial charge < -0.3 is 10.4 Å². The van der Waals surface area contributed by atoms with Crippen molar-refractivity contribution in [2.75, 3.05) is 19.4 Å². The Morgan fingerprint density at radius 3 is 2.85 bits per heavy atom. The molecule has 112 valence electrons. The number of nitrogens with zero attached hydrogens (tertiary/aromatic N) is 1. The second-order valence-electron chi connectivity index (χ2n) is 5.30. The lowest BCUT2D eigenvalue weighted by molar-refractivity contribution is 0.0941. The zero-order valence-corrected chi connectivity index (χ0v) is 13.2. The number of hydrogen-bond donors (Lipinski definition) is 2. The molecule has 0 spiro atoms. The highest BCUT2D eigenvalue weighted by Gasteiger charge is 2.13. The van der Waals surface area contributed by atoms with Gasteiger partial charge in [-0.3, -0.25) is 4.79 Å². The first-order chi connectivity index (χ1) is 9.56. The number of amides is 1. The van der Waals surface area contributed by atoms with E-state index in [0.717, 1.165) is 17.9 Å². The second kappa shape index (κ2) is 8.97. The predicted molar refractivity (Wildman–Crippen MR) is 83.0 cm³/mol. The quantitative estimate of drug-likeness (QED) is 0.724. The summed E-state index contributed by atoms with van der Waals surface area (Å²) in [6, 6.07) is 3.52. The highest BCUT2D eigenvalue weighted by Crippen LogP contribution is 2.15. The Kier molecular flexibility index (Phi) is 7.62. The third-order valence-electron chi connectivity index (χ3n) is 3.10. The van der Waals surface area contributed by atoms with Crippen molar-refractivity contribution in [3.63, 3.8) is 0 Å². The second-order valence-corrected chi connectivity index (χ2v) is 6.13. The van der Waals surface area contributed by atoms with Gasteiger partial charge in [-0.1, -0.05) is 13.8 Å².